The molecule has 9 nitrogen and oxygen atoms in total. The van der Waals surface area contributed by atoms with Crippen LogP contribution in [0.4, 0.5) is 14.6 Å². The summed E-state index contributed by atoms with van der Waals surface area (Å²) in [4.78, 5) is 43.4. The molecule has 1 aromatic carbocycles. The van der Waals surface area contributed by atoms with E-state index in [0.717, 1.165) is 6.07 Å². The van der Waals surface area contributed by atoms with Gasteiger partial charge in [0.25, 0.3) is 0 Å². The van der Waals surface area contributed by atoms with Crippen molar-refractivity contribution < 1.29 is 18.7 Å². The Morgan fingerprint density at radius 2 is 1.93 bits per heavy atom. The van der Waals surface area contributed by atoms with E-state index in [1.165, 1.54) is 22.8 Å². The Balaban J connectivity index is 1.79. The number of pyridine rings is 2. The van der Waals surface area contributed by atoms with Crippen LogP contribution < -0.4 is 10.6 Å². The van der Waals surface area contributed by atoms with Crippen LogP contribution in [-0.2, 0) is 4.79 Å². The van der Waals surface area contributed by atoms with E-state index in [-0.39, 0.29) is 47.0 Å². The number of fused-ring (bicyclic) bond motifs is 1. The first-order valence-electron chi connectivity index (χ1n) is 13.7. The van der Waals surface area contributed by atoms with E-state index in [0.29, 0.717) is 36.6 Å². The van der Waals surface area contributed by atoms with Gasteiger partial charge in [-0.3, -0.25) is 9.78 Å². The molecule has 1 fully saturated rings. The summed E-state index contributed by atoms with van der Waals surface area (Å²) in [6, 6.07) is 6.29. The average molecular weight is 597 g/mol. The molecule has 0 spiro atoms. The average Bonchev–Trinajstić information content (AvgIpc) is 2.93. The quantitative estimate of drug-likeness (QED) is 0.315. The number of phenolic OH excluding ortho intramolecular Hbond substituents is 1. The standard InChI is InChI=1S/C30H31ClF2N6O3/c1-16(2)25-27(17(3)9-11-34-25)39-29-19(14-21(33)26(35-29)24-20(32)6-5-7-22(24)40)28(36-30(39)42)38-13-12-37(15-18(38)4)23(41)8-10-31/h5-7,9,11,14,16,18,40H,8,10,12-13,15H2,1-4H3/t18-/m0/s1. The van der Waals surface area contributed by atoms with E-state index in [1.807, 2.05) is 32.6 Å². The fourth-order valence-corrected chi connectivity index (χ4v) is 5.63. The molecular formula is C30H31ClF2N6O3. The molecule has 1 amide bonds. The Kier molecular flexibility index (Phi) is 8.14. The van der Waals surface area contributed by atoms with E-state index in [9.17, 15) is 19.1 Å². The molecule has 0 bridgehead atoms. The van der Waals surface area contributed by atoms with Gasteiger partial charge in [-0.05, 0) is 49.6 Å². The van der Waals surface area contributed by atoms with Gasteiger partial charge in [-0.25, -0.2) is 23.1 Å². The van der Waals surface area contributed by atoms with Crippen molar-refractivity contribution in [2.24, 2.45) is 0 Å². The van der Waals surface area contributed by atoms with Gasteiger partial charge in [0.15, 0.2) is 11.5 Å². The van der Waals surface area contributed by atoms with Gasteiger partial charge in [-0.15, -0.1) is 11.6 Å². The van der Waals surface area contributed by atoms with Gasteiger partial charge in [0.1, 0.15) is 23.1 Å². The maximum absolute atomic E-state index is 15.8. The van der Waals surface area contributed by atoms with E-state index < -0.39 is 34.3 Å². The lowest BCUT2D eigenvalue weighted by molar-refractivity contribution is -0.131. The summed E-state index contributed by atoms with van der Waals surface area (Å²) >= 11 is 5.77. The zero-order valence-corrected chi connectivity index (χ0v) is 24.5. The van der Waals surface area contributed by atoms with Crippen LogP contribution >= 0.6 is 11.6 Å². The highest BCUT2D eigenvalue weighted by Crippen LogP contribution is 2.36. The lowest BCUT2D eigenvalue weighted by Gasteiger charge is -2.41. The number of halogens is 3. The maximum Gasteiger partial charge on any atom is 0.355 e. The van der Waals surface area contributed by atoms with Crippen molar-refractivity contribution in [3.63, 3.8) is 0 Å². The number of carbonyl (C=O) groups excluding carboxylic acids is 1. The summed E-state index contributed by atoms with van der Waals surface area (Å²) in [5.41, 5.74) is 0.276. The lowest BCUT2D eigenvalue weighted by Crippen LogP contribution is -2.54. The molecule has 0 saturated carbocycles. The number of aryl methyl sites for hydroxylation is 1. The van der Waals surface area contributed by atoms with Gasteiger partial charge in [0.05, 0.1) is 22.3 Å². The van der Waals surface area contributed by atoms with E-state index in [1.54, 1.807) is 17.2 Å². The number of hydrogen-bond acceptors (Lipinski definition) is 7. The van der Waals surface area contributed by atoms with E-state index in [2.05, 4.69) is 15.0 Å². The third kappa shape index (κ3) is 5.17. The van der Waals surface area contributed by atoms with Crippen LogP contribution in [-0.4, -0.2) is 67.0 Å². The lowest BCUT2D eigenvalue weighted by atomic mass is 10.0. The SMILES string of the molecule is Cc1ccnc(C(C)C)c1-n1c(=O)nc(N2CCN(C(=O)CCCl)C[C@@H]2C)c2cc(F)c(-c3c(O)cccc3F)nc21. The fraction of sp³-hybridized carbons (Fsp3) is 0.367. The van der Waals surface area contributed by atoms with Crippen LogP contribution in [0.5, 0.6) is 5.75 Å². The van der Waals surface area contributed by atoms with Crippen molar-refractivity contribution in [3.8, 4) is 22.7 Å². The number of nitrogens with zero attached hydrogens (tertiary/aromatic N) is 6. The second-order valence-electron chi connectivity index (χ2n) is 10.7. The Labute approximate surface area is 246 Å². The maximum atomic E-state index is 15.8. The second kappa shape index (κ2) is 11.6. The summed E-state index contributed by atoms with van der Waals surface area (Å²) < 4.78 is 32.0. The van der Waals surface area contributed by atoms with E-state index in [4.69, 9.17) is 11.6 Å². The molecule has 42 heavy (non-hydrogen) atoms. The minimum absolute atomic E-state index is 0.0369. The van der Waals surface area contributed by atoms with Crippen molar-refractivity contribution in [2.45, 2.75) is 46.1 Å². The summed E-state index contributed by atoms with van der Waals surface area (Å²) in [5, 5.41) is 10.7. The highest BCUT2D eigenvalue weighted by molar-refractivity contribution is 6.18. The summed E-state index contributed by atoms with van der Waals surface area (Å²) in [6.45, 7) is 8.63. The van der Waals surface area contributed by atoms with Crippen LogP contribution in [0.2, 0.25) is 0 Å². The molecule has 1 atom stereocenters. The molecule has 4 heterocycles. The minimum atomic E-state index is -0.897. The molecule has 12 heteroatoms. The normalized spacial score (nSPS) is 15.6. The molecule has 3 aromatic heterocycles. The number of amides is 1. The third-order valence-electron chi connectivity index (χ3n) is 7.52. The van der Waals surface area contributed by atoms with Crippen LogP contribution in [0, 0.1) is 18.6 Å². The summed E-state index contributed by atoms with van der Waals surface area (Å²) in [6.07, 6.45) is 1.86. The smallest absolute Gasteiger partial charge is 0.355 e. The van der Waals surface area contributed by atoms with Crippen molar-refractivity contribution in [1.29, 1.82) is 0 Å². The predicted octanol–water partition coefficient (Wildman–Crippen LogP) is 4.92. The van der Waals surface area contributed by atoms with Crippen molar-refractivity contribution in [3.05, 3.63) is 69.9 Å². The Bertz CT molecular complexity index is 1720. The monoisotopic (exact) mass is 596 g/mol. The van der Waals surface area contributed by atoms with Crippen LogP contribution in [0.25, 0.3) is 28.0 Å². The number of carbonyl (C=O) groups is 1. The first-order valence-corrected chi connectivity index (χ1v) is 14.2. The molecule has 1 aliphatic heterocycles. The van der Waals surface area contributed by atoms with Crippen LogP contribution in [0.3, 0.4) is 0 Å². The number of aromatic hydroxyl groups is 1. The largest absolute Gasteiger partial charge is 0.507 e. The van der Waals surface area contributed by atoms with Gasteiger partial charge in [0, 0.05) is 44.2 Å². The first kappa shape index (κ1) is 29.4. The molecule has 0 radical (unpaired) electrons. The molecule has 1 aliphatic rings. The number of anilines is 1. The number of rotatable bonds is 6. The number of piperazine rings is 1. The predicted molar refractivity (Wildman–Crippen MR) is 157 cm³/mol. The Morgan fingerprint density at radius 1 is 1.17 bits per heavy atom. The number of aromatic nitrogens is 4. The highest BCUT2D eigenvalue weighted by Gasteiger charge is 2.31. The second-order valence-corrected chi connectivity index (χ2v) is 11.1. The fourth-order valence-electron chi connectivity index (χ4n) is 5.47. The molecule has 220 valence electrons. The highest BCUT2D eigenvalue weighted by atomic mass is 35.5. The molecular weight excluding hydrogens is 566 g/mol. The van der Waals surface area contributed by atoms with Crippen molar-refractivity contribution in [1.82, 2.24) is 24.4 Å². The molecule has 1 N–H and O–H groups in total. The zero-order valence-electron chi connectivity index (χ0n) is 23.7. The molecule has 0 aliphatic carbocycles. The number of phenols is 1. The molecule has 0 unspecified atom stereocenters. The first-order chi connectivity index (χ1) is 20.0. The zero-order chi connectivity index (χ0) is 30.3. The van der Waals surface area contributed by atoms with Gasteiger partial charge in [-0.1, -0.05) is 19.9 Å². The third-order valence-corrected chi connectivity index (χ3v) is 7.70. The topological polar surface area (TPSA) is 104 Å². The molecule has 1 saturated heterocycles. The summed E-state index contributed by atoms with van der Waals surface area (Å²) in [7, 11) is 0. The number of alkyl halides is 1. The van der Waals surface area contributed by atoms with Gasteiger partial charge in [-0.2, -0.15) is 4.98 Å². The Morgan fingerprint density at radius 3 is 2.60 bits per heavy atom. The van der Waals surface area contributed by atoms with Gasteiger partial charge >= 0.3 is 5.69 Å². The van der Waals surface area contributed by atoms with Gasteiger partial charge < -0.3 is 14.9 Å². The van der Waals surface area contributed by atoms with Crippen LogP contribution in [0.15, 0.2) is 41.3 Å². The van der Waals surface area contributed by atoms with Crippen molar-refractivity contribution in [2.75, 3.05) is 30.4 Å². The Hall–Kier alpha value is -4.12. The molecule has 4 aromatic rings. The summed E-state index contributed by atoms with van der Waals surface area (Å²) in [5.74, 6) is -1.99. The van der Waals surface area contributed by atoms with Gasteiger partial charge in [0.2, 0.25) is 5.91 Å². The minimum Gasteiger partial charge on any atom is -0.507 e. The van der Waals surface area contributed by atoms with Crippen LogP contribution in [0.1, 0.15) is 44.4 Å². The molecule has 5 rings (SSSR count). The van der Waals surface area contributed by atoms with E-state index >= 15 is 4.39 Å². The number of benzene rings is 1. The number of hydrogen-bond donors (Lipinski definition) is 1. The van der Waals surface area contributed by atoms with Crippen molar-refractivity contribution >= 4 is 34.4 Å².